The summed E-state index contributed by atoms with van der Waals surface area (Å²) in [6.45, 7) is 0.167. The van der Waals surface area contributed by atoms with Crippen LogP contribution in [0.25, 0.3) is 73.4 Å². The number of nitrogens with zero attached hydrogens (tertiary/aromatic N) is 1. The summed E-state index contributed by atoms with van der Waals surface area (Å²) in [6, 6.07) is 59.4. The Bertz CT molecular complexity index is 3070. The molecule has 0 bridgehead atoms. The lowest BCUT2D eigenvalue weighted by molar-refractivity contribution is 1.31. The van der Waals surface area contributed by atoms with Gasteiger partial charge in [-0.15, -0.1) is 22.7 Å². The molecule has 0 amide bonds. The first-order valence-corrected chi connectivity index (χ1v) is 18.8. The number of rotatable bonds is 2. The molecule has 12 rings (SSSR count). The third kappa shape index (κ3) is 3.62. The average molecular weight is 668 g/mol. The molecule has 0 N–H and O–H groups in total. The molecule has 0 fully saturated rings. The van der Waals surface area contributed by atoms with Crippen molar-refractivity contribution in [3.63, 3.8) is 0 Å². The fourth-order valence-corrected chi connectivity index (χ4v) is 11.2. The van der Waals surface area contributed by atoms with Gasteiger partial charge in [-0.3, -0.25) is 0 Å². The van der Waals surface area contributed by atoms with E-state index in [0.29, 0.717) is 0 Å². The highest BCUT2D eigenvalue weighted by atomic mass is 32.1. The maximum Gasteiger partial charge on any atom is 0.248 e. The van der Waals surface area contributed by atoms with Crippen molar-refractivity contribution in [3.8, 4) is 22.3 Å². The highest BCUT2D eigenvalue weighted by molar-refractivity contribution is 7.26. The van der Waals surface area contributed by atoms with Gasteiger partial charge in [0.15, 0.2) is 0 Å². The molecule has 0 saturated carbocycles. The van der Waals surface area contributed by atoms with Gasteiger partial charge >= 0.3 is 0 Å². The quantitative estimate of drug-likeness (QED) is 0.166. The van der Waals surface area contributed by atoms with Crippen LogP contribution in [0.2, 0.25) is 0 Å². The van der Waals surface area contributed by atoms with Crippen LogP contribution >= 0.6 is 22.7 Å². The zero-order valence-corrected chi connectivity index (χ0v) is 28.5. The van der Waals surface area contributed by atoms with E-state index < -0.39 is 0 Å². The summed E-state index contributed by atoms with van der Waals surface area (Å²) < 4.78 is 5.32. The van der Waals surface area contributed by atoms with Crippen molar-refractivity contribution in [2.75, 3.05) is 4.90 Å². The Balaban J connectivity index is 1.21. The molecule has 50 heavy (non-hydrogen) atoms. The normalized spacial score (nSPS) is 13.1. The second-order valence-corrected chi connectivity index (χ2v) is 15.8. The summed E-state index contributed by atoms with van der Waals surface area (Å²) in [4.78, 5) is 2.58. The van der Waals surface area contributed by atoms with Gasteiger partial charge in [-0.05, 0) is 91.8 Å². The molecule has 0 radical (unpaired) electrons. The van der Waals surface area contributed by atoms with E-state index in [4.69, 9.17) is 0 Å². The van der Waals surface area contributed by atoms with Gasteiger partial charge in [0.1, 0.15) is 0 Å². The first-order chi connectivity index (χ1) is 24.8. The van der Waals surface area contributed by atoms with Crippen molar-refractivity contribution in [2.45, 2.75) is 0 Å². The molecular weight excluding hydrogens is 641 g/mol. The van der Waals surface area contributed by atoms with Crippen molar-refractivity contribution in [1.82, 2.24) is 0 Å². The largest absolute Gasteiger partial charge is 0.311 e. The monoisotopic (exact) mass is 667 g/mol. The van der Waals surface area contributed by atoms with Gasteiger partial charge in [0.25, 0.3) is 0 Å². The maximum absolute atomic E-state index is 2.58. The number of thiophene rings is 2. The minimum Gasteiger partial charge on any atom is -0.311 e. The number of benzene rings is 8. The first kappa shape index (κ1) is 27.2. The van der Waals surface area contributed by atoms with E-state index in [-0.39, 0.29) is 6.71 Å². The summed E-state index contributed by atoms with van der Waals surface area (Å²) in [5, 5.41) is 7.91. The minimum atomic E-state index is 0.167. The van der Waals surface area contributed by atoms with Crippen molar-refractivity contribution in [3.05, 3.63) is 158 Å². The highest BCUT2D eigenvalue weighted by Crippen LogP contribution is 2.47. The Morgan fingerprint density at radius 1 is 0.400 bits per heavy atom. The van der Waals surface area contributed by atoms with Crippen LogP contribution in [0.3, 0.4) is 0 Å². The molecule has 230 valence electrons. The number of fused-ring (bicyclic) bond motifs is 12. The van der Waals surface area contributed by atoms with Crippen LogP contribution in [0, 0.1) is 0 Å². The molecule has 2 aromatic heterocycles. The second kappa shape index (κ2) is 9.95. The van der Waals surface area contributed by atoms with Crippen molar-refractivity contribution < 1.29 is 0 Å². The highest BCUT2D eigenvalue weighted by Gasteiger charge is 2.43. The lowest BCUT2D eigenvalue weighted by Crippen LogP contribution is -2.54. The third-order valence-corrected chi connectivity index (χ3v) is 13.3. The van der Waals surface area contributed by atoms with Crippen LogP contribution in [-0.2, 0) is 0 Å². The van der Waals surface area contributed by atoms with Gasteiger partial charge < -0.3 is 4.90 Å². The Morgan fingerprint density at radius 2 is 1.06 bits per heavy atom. The Morgan fingerprint density at radius 3 is 1.92 bits per heavy atom. The molecule has 4 heterocycles. The summed E-state index contributed by atoms with van der Waals surface area (Å²) in [5.41, 5.74) is 13.2. The lowest BCUT2D eigenvalue weighted by atomic mass is 9.37. The topological polar surface area (TPSA) is 3.24 Å². The zero-order chi connectivity index (χ0) is 32.5. The zero-order valence-electron chi connectivity index (χ0n) is 26.9. The fourth-order valence-electron chi connectivity index (χ4n) is 8.92. The summed E-state index contributed by atoms with van der Waals surface area (Å²) >= 11 is 3.79. The Kier molecular flexibility index (Phi) is 5.41. The molecule has 0 atom stereocenters. The molecule has 10 aromatic rings. The van der Waals surface area contributed by atoms with E-state index in [1.807, 2.05) is 22.7 Å². The molecule has 0 aliphatic carbocycles. The van der Waals surface area contributed by atoms with Gasteiger partial charge in [-0.2, -0.15) is 0 Å². The van der Waals surface area contributed by atoms with Crippen LogP contribution in [0.15, 0.2) is 158 Å². The molecule has 0 unspecified atom stereocenters. The summed E-state index contributed by atoms with van der Waals surface area (Å²) in [6.07, 6.45) is 0. The standard InChI is InChI=1S/C46H26BNS2/c1-2-12-30-27(10-1)11-9-16-31(30)28-22-37-32-13-3-6-17-38(32)47-39-25-36-34-15-5-8-19-43(34)50-45(36)26-40(39)48(41(23-28)46(37)47)29-20-21-35-33-14-4-7-18-42(33)49-44(35)24-29/h1-26H. The Hall–Kier alpha value is -5.68. The van der Waals surface area contributed by atoms with Crippen molar-refractivity contribution in [2.24, 2.45) is 0 Å². The van der Waals surface area contributed by atoms with Gasteiger partial charge in [0.05, 0.1) is 0 Å². The molecule has 0 saturated heterocycles. The number of hydrogen-bond donors (Lipinski definition) is 0. The van der Waals surface area contributed by atoms with E-state index in [1.54, 1.807) is 0 Å². The van der Waals surface area contributed by atoms with Gasteiger partial charge in [-0.25, -0.2) is 0 Å². The van der Waals surface area contributed by atoms with Crippen LogP contribution in [-0.4, -0.2) is 6.71 Å². The predicted octanol–water partition coefficient (Wildman–Crippen LogP) is 11.5. The van der Waals surface area contributed by atoms with Gasteiger partial charge in [0, 0.05) is 52.0 Å². The maximum atomic E-state index is 2.58. The fraction of sp³-hybridized carbons (Fsp3) is 0. The SMILES string of the molecule is c1ccc2c(c1)B1c3cc4c(cc3N(c3ccc5c(c3)sc3ccccc35)c3cc(-c5cccc6ccccc56)cc-2c31)sc1ccccc14. The van der Waals surface area contributed by atoms with E-state index >= 15 is 0 Å². The number of anilines is 3. The molecule has 1 nitrogen and oxygen atoms in total. The summed E-state index contributed by atoms with van der Waals surface area (Å²) in [5.74, 6) is 0. The van der Waals surface area contributed by atoms with E-state index in [9.17, 15) is 0 Å². The van der Waals surface area contributed by atoms with Crippen LogP contribution in [0.1, 0.15) is 0 Å². The van der Waals surface area contributed by atoms with Crippen LogP contribution in [0.5, 0.6) is 0 Å². The Labute approximate surface area is 297 Å². The molecule has 8 aromatic carbocycles. The molecule has 2 aliphatic heterocycles. The van der Waals surface area contributed by atoms with E-state index in [2.05, 4.69) is 163 Å². The lowest BCUT2D eigenvalue weighted by Gasteiger charge is -2.36. The van der Waals surface area contributed by atoms with Crippen molar-refractivity contribution in [1.29, 1.82) is 0 Å². The minimum absolute atomic E-state index is 0.167. The van der Waals surface area contributed by atoms with Crippen LogP contribution < -0.4 is 21.3 Å². The smallest absolute Gasteiger partial charge is 0.248 e. The second-order valence-electron chi connectivity index (χ2n) is 13.6. The van der Waals surface area contributed by atoms with Crippen molar-refractivity contribution >= 4 is 114 Å². The summed E-state index contributed by atoms with van der Waals surface area (Å²) in [7, 11) is 0. The van der Waals surface area contributed by atoms with E-state index in [1.165, 1.54) is 107 Å². The van der Waals surface area contributed by atoms with E-state index in [0.717, 1.165) is 0 Å². The first-order valence-electron chi connectivity index (χ1n) is 17.2. The predicted molar refractivity (Wildman–Crippen MR) is 220 cm³/mol. The molecule has 4 heteroatoms. The molecule has 0 spiro atoms. The molecule has 2 aliphatic rings. The van der Waals surface area contributed by atoms with Gasteiger partial charge in [-0.1, -0.05) is 121 Å². The molecular formula is C46H26BNS2. The third-order valence-electron chi connectivity index (χ3n) is 11.0. The average Bonchev–Trinajstić information content (AvgIpc) is 3.83. The number of hydrogen-bond acceptors (Lipinski definition) is 3. The van der Waals surface area contributed by atoms with Gasteiger partial charge in [0.2, 0.25) is 6.71 Å². The van der Waals surface area contributed by atoms with Crippen LogP contribution in [0.4, 0.5) is 17.1 Å².